The standard InChI is InChI=1S/C16H23N3O2/c1-11-7-8-18-14(9-11)16(21)19-10-12-3-5-13(6-4-12)15(20)17-2/h3-6,11,14,18H,7-10H2,1-2H3,(H,17,20)(H,19,21). The molecule has 0 radical (unpaired) electrons. The molecule has 114 valence electrons. The lowest BCUT2D eigenvalue weighted by atomic mass is 9.94. The number of carbonyl (C=O) groups is 2. The smallest absolute Gasteiger partial charge is 0.251 e. The summed E-state index contributed by atoms with van der Waals surface area (Å²) in [5.41, 5.74) is 1.61. The van der Waals surface area contributed by atoms with E-state index in [9.17, 15) is 9.59 Å². The van der Waals surface area contributed by atoms with Crippen molar-refractivity contribution in [2.75, 3.05) is 13.6 Å². The summed E-state index contributed by atoms with van der Waals surface area (Å²) < 4.78 is 0. The van der Waals surface area contributed by atoms with Crippen LogP contribution in [0.3, 0.4) is 0 Å². The molecule has 2 unspecified atom stereocenters. The minimum absolute atomic E-state index is 0.0527. The molecule has 2 atom stereocenters. The van der Waals surface area contributed by atoms with E-state index in [0.717, 1.165) is 24.9 Å². The second-order valence-corrected chi connectivity index (χ2v) is 5.63. The van der Waals surface area contributed by atoms with E-state index in [2.05, 4.69) is 22.9 Å². The number of benzene rings is 1. The molecule has 2 amide bonds. The van der Waals surface area contributed by atoms with E-state index >= 15 is 0 Å². The van der Waals surface area contributed by atoms with Crippen LogP contribution in [0.4, 0.5) is 0 Å². The maximum absolute atomic E-state index is 12.1. The first-order valence-electron chi connectivity index (χ1n) is 7.42. The molecule has 5 nitrogen and oxygen atoms in total. The fourth-order valence-electron chi connectivity index (χ4n) is 2.54. The molecule has 5 heteroatoms. The molecule has 0 aromatic heterocycles. The van der Waals surface area contributed by atoms with Gasteiger partial charge in [-0.2, -0.15) is 0 Å². The highest BCUT2D eigenvalue weighted by molar-refractivity contribution is 5.93. The predicted octanol–water partition coefficient (Wildman–Crippen LogP) is 1.05. The lowest BCUT2D eigenvalue weighted by molar-refractivity contribution is -0.124. The second kappa shape index (κ2) is 7.22. The molecule has 0 bridgehead atoms. The average Bonchev–Trinajstić information content (AvgIpc) is 2.52. The molecule has 0 saturated carbocycles. The second-order valence-electron chi connectivity index (χ2n) is 5.63. The zero-order valence-electron chi connectivity index (χ0n) is 12.6. The van der Waals surface area contributed by atoms with Gasteiger partial charge in [0.25, 0.3) is 5.91 Å². The molecule has 0 spiro atoms. The monoisotopic (exact) mass is 289 g/mol. The van der Waals surface area contributed by atoms with Crippen LogP contribution in [-0.4, -0.2) is 31.4 Å². The van der Waals surface area contributed by atoms with E-state index in [1.165, 1.54) is 0 Å². The van der Waals surface area contributed by atoms with Crippen LogP contribution in [-0.2, 0) is 11.3 Å². The minimum Gasteiger partial charge on any atom is -0.355 e. The summed E-state index contributed by atoms with van der Waals surface area (Å²) in [5.74, 6) is 0.539. The van der Waals surface area contributed by atoms with E-state index in [0.29, 0.717) is 18.0 Å². The Labute approximate surface area is 125 Å². The molecule has 1 heterocycles. The zero-order chi connectivity index (χ0) is 15.2. The van der Waals surface area contributed by atoms with Crippen LogP contribution >= 0.6 is 0 Å². The van der Waals surface area contributed by atoms with Crippen molar-refractivity contribution in [2.24, 2.45) is 5.92 Å². The Morgan fingerprint density at radius 1 is 1.29 bits per heavy atom. The zero-order valence-corrected chi connectivity index (χ0v) is 12.6. The van der Waals surface area contributed by atoms with Crippen molar-refractivity contribution in [2.45, 2.75) is 32.4 Å². The summed E-state index contributed by atoms with van der Waals surface area (Å²) in [6.07, 6.45) is 2.02. The number of piperidine rings is 1. The van der Waals surface area contributed by atoms with Crippen molar-refractivity contribution in [3.63, 3.8) is 0 Å². The lowest BCUT2D eigenvalue weighted by Gasteiger charge is -2.27. The summed E-state index contributed by atoms with van der Waals surface area (Å²) in [7, 11) is 1.61. The molecular weight excluding hydrogens is 266 g/mol. The largest absolute Gasteiger partial charge is 0.355 e. The van der Waals surface area contributed by atoms with Crippen LogP contribution in [0.25, 0.3) is 0 Å². The fourth-order valence-corrected chi connectivity index (χ4v) is 2.54. The fraction of sp³-hybridized carbons (Fsp3) is 0.500. The van der Waals surface area contributed by atoms with Gasteiger partial charge in [0.15, 0.2) is 0 Å². The molecule has 1 aliphatic rings. The molecule has 21 heavy (non-hydrogen) atoms. The van der Waals surface area contributed by atoms with Gasteiger partial charge >= 0.3 is 0 Å². The highest BCUT2D eigenvalue weighted by atomic mass is 16.2. The summed E-state index contributed by atoms with van der Waals surface area (Å²) in [6.45, 7) is 3.57. The quantitative estimate of drug-likeness (QED) is 0.776. The van der Waals surface area contributed by atoms with E-state index in [1.54, 1.807) is 19.2 Å². The van der Waals surface area contributed by atoms with Crippen molar-refractivity contribution >= 4 is 11.8 Å². The maximum Gasteiger partial charge on any atom is 0.251 e. The SMILES string of the molecule is CNC(=O)c1ccc(CNC(=O)C2CC(C)CCN2)cc1. The number of hydrogen-bond acceptors (Lipinski definition) is 3. The summed E-state index contributed by atoms with van der Waals surface area (Å²) in [6, 6.07) is 7.17. The van der Waals surface area contributed by atoms with Crippen molar-refractivity contribution in [1.82, 2.24) is 16.0 Å². The molecular formula is C16H23N3O2. The first-order valence-corrected chi connectivity index (χ1v) is 7.42. The van der Waals surface area contributed by atoms with Crippen LogP contribution in [0, 0.1) is 5.92 Å². The molecule has 1 aliphatic heterocycles. The van der Waals surface area contributed by atoms with Crippen molar-refractivity contribution in [3.05, 3.63) is 35.4 Å². The Morgan fingerprint density at radius 3 is 2.62 bits per heavy atom. The average molecular weight is 289 g/mol. The van der Waals surface area contributed by atoms with E-state index in [4.69, 9.17) is 0 Å². The van der Waals surface area contributed by atoms with Crippen molar-refractivity contribution in [1.29, 1.82) is 0 Å². The van der Waals surface area contributed by atoms with Crippen LogP contribution in [0.1, 0.15) is 35.7 Å². The Bertz CT molecular complexity index is 499. The van der Waals surface area contributed by atoms with Gasteiger partial charge in [-0.05, 0) is 43.0 Å². The van der Waals surface area contributed by atoms with Crippen LogP contribution in [0.2, 0.25) is 0 Å². The Kier molecular flexibility index (Phi) is 5.33. The first kappa shape index (κ1) is 15.5. The van der Waals surface area contributed by atoms with E-state index in [-0.39, 0.29) is 17.9 Å². The van der Waals surface area contributed by atoms with Crippen molar-refractivity contribution < 1.29 is 9.59 Å². The summed E-state index contributed by atoms with van der Waals surface area (Å²) >= 11 is 0. The number of amides is 2. The van der Waals surface area contributed by atoms with Gasteiger partial charge in [-0.25, -0.2) is 0 Å². The van der Waals surface area contributed by atoms with Gasteiger partial charge < -0.3 is 16.0 Å². The topological polar surface area (TPSA) is 70.2 Å². The van der Waals surface area contributed by atoms with Gasteiger partial charge in [-0.15, -0.1) is 0 Å². The van der Waals surface area contributed by atoms with Gasteiger partial charge in [-0.1, -0.05) is 19.1 Å². The summed E-state index contributed by atoms with van der Waals surface area (Å²) in [4.78, 5) is 23.5. The van der Waals surface area contributed by atoms with Crippen LogP contribution < -0.4 is 16.0 Å². The molecule has 1 aromatic carbocycles. The molecule has 3 N–H and O–H groups in total. The molecule has 1 fully saturated rings. The highest BCUT2D eigenvalue weighted by Gasteiger charge is 2.24. The van der Waals surface area contributed by atoms with Crippen LogP contribution in [0.5, 0.6) is 0 Å². The third kappa shape index (κ3) is 4.29. The number of carbonyl (C=O) groups excluding carboxylic acids is 2. The van der Waals surface area contributed by atoms with Crippen molar-refractivity contribution in [3.8, 4) is 0 Å². The normalized spacial score (nSPS) is 21.6. The van der Waals surface area contributed by atoms with Gasteiger partial charge in [0.2, 0.25) is 5.91 Å². The number of hydrogen-bond donors (Lipinski definition) is 3. The molecule has 1 aromatic rings. The van der Waals surface area contributed by atoms with E-state index < -0.39 is 0 Å². The third-order valence-electron chi connectivity index (χ3n) is 3.89. The Morgan fingerprint density at radius 2 is 2.00 bits per heavy atom. The predicted molar refractivity (Wildman–Crippen MR) is 81.9 cm³/mol. The first-order chi connectivity index (χ1) is 10.1. The van der Waals surface area contributed by atoms with Gasteiger partial charge in [0.05, 0.1) is 6.04 Å². The van der Waals surface area contributed by atoms with Gasteiger partial charge in [0.1, 0.15) is 0 Å². The summed E-state index contributed by atoms with van der Waals surface area (Å²) in [5, 5.41) is 8.78. The van der Waals surface area contributed by atoms with Crippen LogP contribution in [0.15, 0.2) is 24.3 Å². The Balaban J connectivity index is 1.85. The lowest BCUT2D eigenvalue weighted by Crippen LogP contribution is -2.48. The third-order valence-corrected chi connectivity index (χ3v) is 3.89. The molecule has 1 saturated heterocycles. The van der Waals surface area contributed by atoms with Gasteiger partial charge in [0, 0.05) is 19.2 Å². The van der Waals surface area contributed by atoms with Gasteiger partial charge in [-0.3, -0.25) is 9.59 Å². The Hall–Kier alpha value is -1.88. The molecule has 2 rings (SSSR count). The number of rotatable bonds is 4. The number of nitrogens with one attached hydrogen (secondary N) is 3. The maximum atomic E-state index is 12.1. The minimum atomic E-state index is -0.106. The molecule has 0 aliphatic carbocycles. The van der Waals surface area contributed by atoms with E-state index in [1.807, 2.05) is 12.1 Å². The highest BCUT2D eigenvalue weighted by Crippen LogP contribution is 2.15.